The maximum atomic E-state index is 5.75. The number of rotatable bonds is 8. The lowest BCUT2D eigenvalue weighted by atomic mass is 10.1. The first kappa shape index (κ1) is 12.0. The Morgan fingerprint density at radius 2 is 2.07 bits per heavy atom. The van der Waals surface area contributed by atoms with E-state index in [0.717, 1.165) is 12.5 Å². The maximum absolute atomic E-state index is 5.75. The van der Waals surface area contributed by atoms with Gasteiger partial charge in [-0.3, -0.25) is 0 Å². The zero-order valence-electron chi connectivity index (χ0n) is 9.84. The average molecular weight is 198 g/mol. The second-order valence-corrected chi connectivity index (χ2v) is 4.71. The summed E-state index contributed by atoms with van der Waals surface area (Å²) in [6.45, 7) is 9.16. The molecule has 1 saturated carbocycles. The summed E-state index contributed by atoms with van der Waals surface area (Å²) in [7, 11) is 0. The van der Waals surface area contributed by atoms with Crippen molar-refractivity contribution in [3.8, 4) is 0 Å². The molecule has 1 unspecified atom stereocenters. The van der Waals surface area contributed by atoms with E-state index in [1.54, 1.807) is 0 Å². The lowest BCUT2D eigenvalue weighted by molar-refractivity contribution is 0.221. The second kappa shape index (κ2) is 6.41. The molecular weight excluding hydrogens is 172 g/mol. The average Bonchev–Trinajstić information content (AvgIpc) is 2.98. The van der Waals surface area contributed by atoms with Gasteiger partial charge in [-0.2, -0.15) is 0 Å². The van der Waals surface area contributed by atoms with E-state index in [2.05, 4.69) is 18.7 Å². The van der Waals surface area contributed by atoms with Crippen molar-refractivity contribution < 1.29 is 0 Å². The zero-order valence-corrected chi connectivity index (χ0v) is 9.84. The van der Waals surface area contributed by atoms with Gasteiger partial charge >= 0.3 is 0 Å². The highest BCUT2D eigenvalue weighted by molar-refractivity contribution is 4.78. The zero-order chi connectivity index (χ0) is 10.4. The van der Waals surface area contributed by atoms with E-state index < -0.39 is 0 Å². The Labute approximate surface area is 88.8 Å². The first-order valence-corrected chi connectivity index (χ1v) is 6.22. The predicted molar refractivity (Wildman–Crippen MR) is 62.3 cm³/mol. The molecule has 0 aromatic rings. The molecule has 1 rings (SSSR count). The quantitative estimate of drug-likeness (QED) is 0.647. The van der Waals surface area contributed by atoms with Crippen molar-refractivity contribution in [1.82, 2.24) is 4.90 Å². The first-order valence-electron chi connectivity index (χ1n) is 6.22. The van der Waals surface area contributed by atoms with Gasteiger partial charge in [-0.25, -0.2) is 0 Å². The van der Waals surface area contributed by atoms with Crippen molar-refractivity contribution in [3.05, 3.63) is 0 Å². The molecule has 0 amide bonds. The normalized spacial score (nSPS) is 18.9. The molecule has 0 aromatic heterocycles. The Balaban J connectivity index is 2.24. The molecule has 0 heterocycles. The van der Waals surface area contributed by atoms with Crippen LogP contribution >= 0.6 is 0 Å². The third-order valence-electron chi connectivity index (χ3n) is 3.18. The van der Waals surface area contributed by atoms with E-state index in [0.29, 0.717) is 5.92 Å². The molecule has 2 nitrogen and oxygen atoms in total. The van der Waals surface area contributed by atoms with Crippen LogP contribution in [-0.4, -0.2) is 31.1 Å². The summed E-state index contributed by atoms with van der Waals surface area (Å²) in [6.07, 6.45) is 5.41. The SMILES string of the molecule is CCCN(CC(CC)CN)CC1CC1. The Bertz CT molecular complexity index is 139. The van der Waals surface area contributed by atoms with Gasteiger partial charge in [0.1, 0.15) is 0 Å². The Morgan fingerprint density at radius 3 is 2.50 bits per heavy atom. The molecule has 0 spiro atoms. The molecule has 0 aromatic carbocycles. The summed E-state index contributed by atoms with van der Waals surface area (Å²) in [5.74, 6) is 1.72. The lowest BCUT2D eigenvalue weighted by Crippen LogP contribution is -2.34. The van der Waals surface area contributed by atoms with Crippen LogP contribution in [-0.2, 0) is 0 Å². The molecule has 1 fully saturated rings. The molecule has 14 heavy (non-hydrogen) atoms. The third-order valence-corrected chi connectivity index (χ3v) is 3.18. The van der Waals surface area contributed by atoms with Crippen LogP contribution in [0.2, 0.25) is 0 Å². The molecule has 0 aliphatic heterocycles. The van der Waals surface area contributed by atoms with Crippen LogP contribution in [0.25, 0.3) is 0 Å². The van der Waals surface area contributed by atoms with Gasteiger partial charge in [0, 0.05) is 13.1 Å². The minimum Gasteiger partial charge on any atom is -0.330 e. The van der Waals surface area contributed by atoms with Gasteiger partial charge in [-0.1, -0.05) is 20.3 Å². The van der Waals surface area contributed by atoms with Crippen molar-refractivity contribution in [2.75, 3.05) is 26.2 Å². The molecule has 0 radical (unpaired) electrons. The summed E-state index contributed by atoms with van der Waals surface area (Å²) < 4.78 is 0. The number of hydrogen-bond donors (Lipinski definition) is 1. The summed E-state index contributed by atoms with van der Waals surface area (Å²) in [5, 5.41) is 0. The van der Waals surface area contributed by atoms with Crippen LogP contribution < -0.4 is 5.73 Å². The molecule has 84 valence electrons. The van der Waals surface area contributed by atoms with Gasteiger partial charge < -0.3 is 10.6 Å². The first-order chi connectivity index (χ1) is 6.80. The monoisotopic (exact) mass is 198 g/mol. The summed E-state index contributed by atoms with van der Waals surface area (Å²) in [6, 6.07) is 0. The van der Waals surface area contributed by atoms with Crippen LogP contribution in [0, 0.1) is 11.8 Å². The summed E-state index contributed by atoms with van der Waals surface area (Å²) >= 11 is 0. The highest BCUT2D eigenvalue weighted by Crippen LogP contribution is 2.30. The molecule has 2 heteroatoms. The van der Waals surface area contributed by atoms with Crippen molar-refractivity contribution >= 4 is 0 Å². The predicted octanol–water partition coefficient (Wildman–Crippen LogP) is 2.09. The van der Waals surface area contributed by atoms with Crippen molar-refractivity contribution in [3.63, 3.8) is 0 Å². The molecule has 1 atom stereocenters. The van der Waals surface area contributed by atoms with E-state index in [9.17, 15) is 0 Å². The number of nitrogens with two attached hydrogens (primary N) is 1. The number of nitrogens with zero attached hydrogens (tertiary/aromatic N) is 1. The van der Waals surface area contributed by atoms with Gasteiger partial charge in [0.2, 0.25) is 0 Å². The number of hydrogen-bond acceptors (Lipinski definition) is 2. The van der Waals surface area contributed by atoms with Crippen LogP contribution in [0.5, 0.6) is 0 Å². The van der Waals surface area contributed by atoms with Crippen LogP contribution in [0.15, 0.2) is 0 Å². The van der Waals surface area contributed by atoms with Gasteiger partial charge in [-0.15, -0.1) is 0 Å². The minimum atomic E-state index is 0.709. The second-order valence-electron chi connectivity index (χ2n) is 4.71. The fraction of sp³-hybridized carbons (Fsp3) is 1.00. The van der Waals surface area contributed by atoms with Crippen molar-refractivity contribution in [2.24, 2.45) is 17.6 Å². The molecule has 0 bridgehead atoms. The summed E-state index contributed by atoms with van der Waals surface area (Å²) in [5.41, 5.74) is 5.75. The van der Waals surface area contributed by atoms with Crippen LogP contribution in [0.3, 0.4) is 0 Å². The van der Waals surface area contributed by atoms with Gasteiger partial charge in [0.15, 0.2) is 0 Å². The maximum Gasteiger partial charge on any atom is 0.00217 e. The van der Waals surface area contributed by atoms with Gasteiger partial charge in [0.25, 0.3) is 0 Å². The van der Waals surface area contributed by atoms with Crippen molar-refractivity contribution in [2.45, 2.75) is 39.5 Å². The van der Waals surface area contributed by atoms with E-state index in [-0.39, 0.29) is 0 Å². The van der Waals surface area contributed by atoms with E-state index in [1.165, 1.54) is 45.3 Å². The highest BCUT2D eigenvalue weighted by atomic mass is 15.1. The fourth-order valence-electron chi connectivity index (χ4n) is 1.97. The van der Waals surface area contributed by atoms with Crippen LogP contribution in [0.4, 0.5) is 0 Å². The van der Waals surface area contributed by atoms with Crippen LogP contribution in [0.1, 0.15) is 39.5 Å². The Hall–Kier alpha value is -0.0800. The lowest BCUT2D eigenvalue weighted by Gasteiger charge is -2.25. The Morgan fingerprint density at radius 1 is 1.36 bits per heavy atom. The standard InChI is InChI=1S/C12H26N2/c1-3-7-14(10-12-5-6-12)9-11(4-2)8-13/h11-12H,3-10,13H2,1-2H3. The molecule has 1 aliphatic carbocycles. The van der Waals surface area contributed by atoms with E-state index in [4.69, 9.17) is 5.73 Å². The van der Waals surface area contributed by atoms with Gasteiger partial charge in [0.05, 0.1) is 0 Å². The minimum absolute atomic E-state index is 0.709. The molecule has 0 saturated heterocycles. The topological polar surface area (TPSA) is 29.3 Å². The fourth-order valence-corrected chi connectivity index (χ4v) is 1.97. The molecule has 1 aliphatic rings. The van der Waals surface area contributed by atoms with E-state index in [1.807, 2.05) is 0 Å². The Kier molecular flexibility index (Phi) is 5.49. The molecule has 2 N–H and O–H groups in total. The summed E-state index contributed by atoms with van der Waals surface area (Å²) in [4.78, 5) is 2.62. The molecular formula is C12H26N2. The largest absolute Gasteiger partial charge is 0.330 e. The van der Waals surface area contributed by atoms with Gasteiger partial charge in [-0.05, 0) is 44.2 Å². The third kappa shape index (κ3) is 4.43. The highest BCUT2D eigenvalue weighted by Gasteiger charge is 2.24. The smallest absolute Gasteiger partial charge is 0.00217 e. The van der Waals surface area contributed by atoms with Crippen molar-refractivity contribution in [1.29, 1.82) is 0 Å². The van der Waals surface area contributed by atoms with E-state index >= 15 is 0 Å².